The minimum atomic E-state index is -0.404. The molecule has 0 atom stereocenters. The normalized spacial score (nSPS) is 11.1. The molecule has 0 radical (unpaired) electrons. The van der Waals surface area contributed by atoms with Crippen LogP contribution in [0.25, 0.3) is 6.08 Å². The SMILES string of the molecule is COC(=O)/C(=C\c1ccc(OC)cc1)CN. The van der Waals surface area contributed by atoms with E-state index in [4.69, 9.17) is 10.5 Å². The molecular formula is C12H15NO3. The molecule has 16 heavy (non-hydrogen) atoms. The number of hydrogen-bond donors (Lipinski definition) is 1. The summed E-state index contributed by atoms with van der Waals surface area (Å²) in [7, 11) is 2.93. The van der Waals surface area contributed by atoms with Crippen molar-refractivity contribution < 1.29 is 14.3 Å². The predicted molar refractivity (Wildman–Crippen MR) is 62.0 cm³/mol. The molecule has 0 aliphatic rings. The second kappa shape index (κ2) is 5.92. The van der Waals surface area contributed by atoms with Crippen LogP contribution in [0.2, 0.25) is 0 Å². The third-order valence-electron chi connectivity index (χ3n) is 2.12. The van der Waals surface area contributed by atoms with Crippen molar-refractivity contribution in [2.75, 3.05) is 20.8 Å². The van der Waals surface area contributed by atoms with Gasteiger partial charge in [0.15, 0.2) is 0 Å². The van der Waals surface area contributed by atoms with Crippen LogP contribution in [0.15, 0.2) is 29.8 Å². The van der Waals surface area contributed by atoms with Gasteiger partial charge in [0.2, 0.25) is 0 Å². The molecule has 0 bridgehead atoms. The van der Waals surface area contributed by atoms with Gasteiger partial charge < -0.3 is 15.2 Å². The van der Waals surface area contributed by atoms with E-state index >= 15 is 0 Å². The first kappa shape index (κ1) is 12.3. The van der Waals surface area contributed by atoms with Crippen LogP contribution in [0.5, 0.6) is 5.75 Å². The zero-order valence-corrected chi connectivity index (χ0v) is 9.40. The molecule has 0 saturated carbocycles. The first-order chi connectivity index (χ1) is 7.71. The van der Waals surface area contributed by atoms with E-state index in [0.717, 1.165) is 11.3 Å². The van der Waals surface area contributed by atoms with Crippen LogP contribution in [-0.4, -0.2) is 26.7 Å². The van der Waals surface area contributed by atoms with E-state index in [1.807, 2.05) is 24.3 Å². The molecule has 2 N–H and O–H groups in total. The summed E-state index contributed by atoms with van der Waals surface area (Å²) in [6.45, 7) is 0.151. The largest absolute Gasteiger partial charge is 0.497 e. The van der Waals surface area contributed by atoms with Crippen molar-refractivity contribution in [3.63, 3.8) is 0 Å². The predicted octanol–water partition coefficient (Wildman–Crippen LogP) is 1.21. The molecule has 4 nitrogen and oxygen atoms in total. The maximum Gasteiger partial charge on any atom is 0.335 e. The molecule has 0 spiro atoms. The minimum Gasteiger partial charge on any atom is -0.497 e. The topological polar surface area (TPSA) is 61.5 Å². The molecule has 0 saturated heterocycles. The number of benzene rings is 1. The van der Waals surface area contributed by atoms with E-state index in [2.05, 4.69) is 4.74 Å². The lowest BCUT2D eigenvalue weighted by molar-refractivity contribution is -0.136. The molecule has 1 aromatic carbocycles. The first-order valence-electron chi connectivity index (χ1n) is 4.84. The summed E-state index contributed by atoms with van der Waals surface area (Å²) in [6.07, 6.45) is 1.70. The van der Waals surface area contributed by atoms with Crippen LogP contribution in [0.3, 0.4) is 0 Å². The van der Waals surface area contributed by atoms with Gasteiger partial charge in [-0.2, -0.15) is 0 Å². The van der Waals surface area contributed by atoms with E-state index in [9.17, 15) is 4.79 Å². The molecule has 4 heteroatoms. The summed E-state index contributed by atoms with van der Waals surface area (Å²) >= 11 is 0. The number of carbonyl (C=O) groups is 1. The Bertz CT molecular complexity index is 382. The Morgan fingerprint density at radius 3 is 2.38 bits per heavy atom. The summed E-state index contributed by atoms with van der Waals surface area (Å²) in [4.78, 5) is 11.3. The lowest BCUT2D eigenvalue weighted by atomic mass is 10.1. The third kappa shape index (κ3) is 3.10. The Hall–Kier alpha value is -1.81. The molecule has 0 aliphatic heterocycles. The van der Waals surface area contributed by atoms with E-state index in [1.165, 1.54) is 7.11 Å². The van der Waals surface area contributed by atoms with Crippen LogP contribution in [0, 0.1) is 0 Å². The number of methoxy groups -OCH3 is 2. The molecule has 0 aliphatic carbocycles. The molecule has 0 aromatic heterocycles. The number of carbonyl (C=O) groups excluding carboxylic acids is 1. The standard InChI is InChI=1S/C12H15NO3/c1-15-11-5-3-9(4-6-11)7-10(8-13)12(14)16-2/h3-7H,8,13H2,1-2H3/b10-7-. The fraction of sp³-hybridized carbons (Fsp3) is 0.250. The highest BCUT2D eigenvalue weighted by molar-refractivity contribution is 5.94. The van der Waals surface area contributed by atoms with Crippen molar-refractivity contribution in [1.29, 1.82) is 0 Å². The van der Waals surface area contributed by atoms with Crippen LogP contribution in [0.1, 0.15) is 5.56 Å². The number of esters is 1. The zero-order valence-electron chi connectivity index (χ0n) is 9.40. The number of rotatable bonds is 4. The van der Waals surface area contributed by atoms with Crippen LogP contribution >= 0.6 is 0 Å². The van der Waals surface area contributed by atoms with Gasteiger partial charge in [0.25, 0.3) is 0 Å². The Morgan fingerprint density at radius 2 is 1.94 bits per heavy atom. The maximum absolute atomic E-state index is 11.3. The van der Waals surface area contributed by atoms with Crippen LogP contribution in [-0.2, 0) is 9.53 Å². The fourth-order valence-corrected chi connectivity index (χ4v) is 1.23. The smallest absolute Gasteiger partial charge is 0.335 e. The molecular weight excluding hydrogens is 206 g/mol. The van der Waals surface area contributed by atoms with Gasteiger partial charge in [0, 0.05) is 6.54 Å². The van der Waals surface area contributed by atoms with Crippen LogP contribution in [0.4, 0.5) is 0 Å². The van der Waals surface area contributed by atoms with Gasteiger partial charge in [-0.05, 0) is 23.8 Å². The van der Waals surface area contributed by atoms with Gasteiger partial charge in [-0.1, -0.05) is 12.1 Å². The fourth-order valence-electron chi connectivity index (χ4n) is 1.23. The number of hydrogen-bond acceptors (Lipinski definition) is 4. The number of nitrogens with two attached hydrogens (primary N) is 1. The first-order valence-corrected chi connectivity index (χ1v) is 4.84. The van der Waals surface area contributed by atoms with E-state index in [0.29, 0.717) is 5.57 Å². The van der Waals surface area contributed by atoms with Gasteiger partial charge in [0.05, 0.1) is 19.8 Å². The van der Waals surface area contributed by atoms with E-state index in [1.54, 1.807) is 13.2 Å². The number of ether oxygens (including phenoxy) is 2. The highest BCUT2D eigenvalue weighted by atomic mass is 16.5. The van der Waals surface area contributed by atoms with Crippen molar-refractivity contribution in [3.8, 4) is 5.75 Å². The van der Waals surface area contributed by atoms with Crippen molar-refractivity contribution in [2.24, 2.45) is 5.73 Å². The molecule has 86 valence electrons. The zero-order chi connectivity index (χ0) is 12.0. The van der Waals surface area contributed by atoms with E-state index < -0.39 is 5.97 Å². The van der Waals surface area contributed by atoms with Crippen molar-refractivity contribution in [1.82, 2.24) is 0 Å². The van der Waals surface area contributed by atoms with Crippen LogP contribution < -0.4 is 10.5 Å². The average Bonchev–Trinajstić information content (AvgIpc) is 2.35. The summed E-state index contributed by atoms with van der Waals surface area (Å²) < 4.78 is 9.64. The highest BCUT2D eigenvalue weighted by Gasteiger charge is 2.06. The Balaban J connectivity index is 2.91. The quantitative estimate of drug-likeness (QED) is 0.613. The molecule has 0 unspecified atom stereocenters. The minimum absolute atomic E-state index is 0.151. The van der Waals surface area contributed by atoms with Crippen molar-refractivity contribution in [3.05, 3.63) is 35.4 Å². The van der Waals surface area contributed by atoms with Gasteiger partial charge in [-0.3, -0.25) is 0 Å². The van der Waals surface area contributed by atoms with Gasteiger partial charge >= 0.3 is 5.97 Å². The van der Waals surface area contributed by atoms with Crippen molar-refractivity contribution >= 4 is 12.0 Å². The van der Waals surface area contributed by atoms with E-state index in [-0.39, 0.29) is 6.54 Å². The Labute approximate surface area is 94.7 Å². The summed E-state index contributed by atoms with van der Waals surface area (Å²) in [5.74, 6) is 0.364. The summed E-state index contributed by atoms with van der Waals surface area (Å²) in [5.41, 5.74) is 6.78. The van der Waals surface area contributed by atoms with Gasteiger partial charge in [-0.15, -0.1) is 0 Å². The van der Waals surface area contributed by atoms with Crippen molar-refractivity contribution in [2.45, 2.75) is 0 Å². The molecule has 1 aromatic rings. The molecule has 1 rings (SSSR count). The lowest BCUT2D eigenvalue weighted by Gasteiger charge is -2.03. The monoisotopic (exact) mass is 221 g/mol. The lowest BCUT2D eigenvalue weighted by Crippen LogP contribution is -2.13. The molecule has 0 fully saturated rings. The summed E-state index contributed by atoms with van der Waals surface area (Å²) in [6, 6.07) is 7.32. The second-order valence-corrected chi connectivity index (χ2v) is 3.14. The average molecular weight is 221 g/mol. The van der Waals surface area contributed by atoms with Gasteiger partial charge in [0.1, 0.15) is 5.75 Å². The maximum atomic E-state index is 11.3. The molecule has 0 amide bonds. The second-order valence-electron chi connectivity index (χ2n) is 3.14. The van der Waals surface area contributed by atoms with Gasteiger partial charge in [-0.25, -0.2) is 4.79 Å². The highest BCUT2D eigenvalue weighted by Crippen LogP contribution is 2.14. The third-order valence-corrected chi connectivity index (χ3v) is 2.12. The Morgan fingerprint density at radius 1 is 1.31 bits per heavy atom. The molecule has 0 heterocycles. The Kier molecular flexibility index (Phi) is 4.54. The summed E-state index contributed by atoms with van der Waals surface area (Å²) in [5, 5.41) is 0.